The van der Waals surface area contributed by atoms with E-state index in [1.54, 1.807) is 0 Å². The molecule has 0 saturated carbocycles. The number of aliphatic carboxylic acids is 1. The van der Waals surface area contributed by atoms with Crippen molar-refractivity contribution in [2.24, 2.45) is 0 Å². The molecular weight excluding hydrogens is 262 g/mol. The Morgan fingerprint density at radius 3 is 2.62 bits per heavy atom. The molecule has 1 aromatic carbocycles. The Hall–Kier alpha value is -1.35. The van der Waals surface area contributed by atoms with Crippen LogP contribution in [-0.2, 0) is 10.2 Å². The van der Waals surface area contributed by atoms with E-state index in [0.717, 1.165) is 18.5 Å². The van der Waals surface area contributed by atoms with Crippen LogP contribution in [0.3, 0.4) is 0 Å². The van der Waals surface area contributed by atoms with Crippen LogP contribution < -0.4 is 0 Å². The van der Waals surface area contributed by atoms with E-state index in [2.05, 4.69) is 11.8 Å². The van der Waals surface area contributed by atoms with Gasteiger partial charge >= 0.3 is 5.97 Å². The van der Waals surface area contributed by atoms with Crippen LogP contribution in [0, 0.1) is 0 Å². The summed E-state index contributed by atoms with van der Waals surface area (Å²) in [6.07, 6.45) is 6.01. The quantitative estimate of drug-likeness (QED) is 0.899. The average molecular weight is 289 g/mol. The Morgan fingerprint density at radius 1 is 1.29 bits per heavy atom. The van der Waals surface area contributed by atoms with E-state index in [-0.39, 0.29) is 0 Å². The van der Waals surface area contributed by atoms with Crippen LogP contribution in [0.4, 0.5) is 0 Å². The van der Waals surface area contributed by atoms with Crippen molar-refractivity contribution in [3.8, 4) is 0 Å². The summed E-state index contributed by atoms with van der Waals surface area (Å²) in [6, 6.07) is 10.2. The summed E-state index contributed by atoms with van der Waals surface area (Å²) < 4.78 is 0. The summed E-state index contributed by atoms with van der Waals surface area (Å²) in [5.41, 5.74) is 0.0653. The van der Waals surface area contributed by atoms with Gasteiger partial charge in [0.1, 0.15) is 5.41 Å². The summed E-state index contributed by atoms with van der Waals surface area (Å²) in [7, 11) is 0. The minimum atomic E-state index is -0.834. The van der Waals surface area contributed by atoms with Crippen LogP contribution in [0.2, 0.25) is 0 Å². The Kier molecular flexibility index (Phi) is 5.40. The van der Waals surface area contributed by atoms with Crippen LogP contribution in [0.1, 0.15) is 51.5 Å². The van der Waals surface area contributed by atoms with Gasteiger partial charge in [-0.1, -0.05) is 50.1 Å². The van der Waals surface area contributed by atoms with Gasteiger partial charge in [-0.3, -0.25) is 9.69 Å². The van der Waals surface area contributed by atoms with Gasteiger partial charge in [-0.2, -0.15) is 0 Å². The molecule has 1 heterocycles. The SMILES string of the molecule is CCC1CCCCCN1CC(C)(C(=O)O)c1ccccc1. The van der Waals surface area contributed by atoms with Gasteiger partial charge in [0, 0.05) is 12.6 Å². The molecule has 2 rings (SSSR count). The molecular formula is C18H27NO2. The number of likely N-dealkylation sites (tertiary alicyclic amines) is 1. The van der Waals surface area contributed by atoms with Gasteiger partial charge in [0.05, 0.1) is 0 Å². The number of carboxylic acid groups (broad SMARTS) is 1. The van der Waals surface area contributed by atoms with Crippen molar-refractivity contribution in [2.45, 2.75) is 57.4 Å². The van der Waals surface area contributed by atoms with Crippen molar-refractivity contribution in [2.75, 3.05) is 13.1 Å². The standard InChI is InChI=1S/C18H27NO2/c1-3-16-12-8-5-9-13-19(16)14-18(2,17(20)21)15-10-6-4-7-11-15/h4,6-7,10-11,16H,3,5,8-9,12-14H2,1-2H3,(H,20,21). The largest absolute Gasteiger partial charge is 0.481 e. The first-order valence-corrected chi connectivity index (χ1v) is 8.11. The van der Waals surface area contributed by atoms with Crippen LogP contribution >= 0.6 is 0 Å². The molecule has 1 aromatic rings. The third-order valence-electron chi connectivity index (χ3n) is 4.87. The number of benzene rings is 1. The lowest BCUT2D eigenvalue weighted by Crippen LogP contribution is -2.48. The minimum Gasteiger partial charge on any atom is -0.481 e. The number of rotatable bonds is 5. The van der Waals surface area contributed by atoms with E-state index in [0.29, 0.717) is 12.6 Å². The second-order valence-corrected chi connectivity index (χ2v) is 6.39. The average Bonchev–Trinajstić information content (AvgIpc) is 2.72. The van der Waals surface area contributed by atoms with Crippen molar-refractivity contribution < 1.29 is 9.90 Å². The molecule has 116 valence electrons. The van der Waals surface area contributed by atoms with Gasteiger partial charge in [-0.25, -0.2) is 0 Å². The summed E-state index contributed by atoms with van der Waals surface area (Å²) in [6.45, 7) is 5.70. The molecule has 0 bridgehead atoms. The smallest absolute Gasteiger partial charge is 0.315 e. The zero-order valence-corrected chi connectivity index (χ0v) is 13.2. The predicted octanol–water partition coefficient (Wildman–Crippen LogP) is 3.68. The van der Waals surface area contributed by atoms with Crippen molar-refractivity contribution in [3.63, 3.8) is 0 Å². The van der Waals surface area contributed by atoms with Crippen molar-refractivity contribution in [1.82, 2.24) is 4.90 Å². The maximum atomic E-state index is 11.9. The summed E-state index contributed by atoms with van der Waals surface area (Å²) in [5.74, 6) is -0.729. The predicted molar refractivity (Wildman–Crippen MR) is 85.5 cm³/mol. The van der Waals surface area contributed by atoms with Crippen molar-refractivity contribution >= 4 is 5.97 Å². The molecule has 3 nitrogen and oxygen atoms in total. The molecule has 0 aromatic heterocycles. The number of hydrogen-bond acceptors (Lipinski definition) is 2. The molecule has 1 saturated heterocycles. The number of nitrogens with zero attached hydrogens (tertiary/aromatic N) is 1. The molecule has 1 aliphatic heterocycles. The first kappa shape index (κ1) is 16.0. The van der Waals surface area contributed by atoms with Crippen LogP contribution in [0.25, 0.3) is 0 Å². The van der Waals surface area contributed by atoms with Gasteiger partial charge in [0.25, 0.3) is 0 Å². The first-order chi connectivity index (χ1) is 10.1. The highest BCUT2D eigenvalue weighted by molar-refractivity contribution is 5.81. The van der Waals surface area contributed by atoms with Gasteiger partial charge in [-0.15, -0.1) is 0 Å². The van der Waals surface area contributed by atoms with Gasteiger partial charge in [-0.05, 0) is 38.3 Å². The third-order valence-corrected chi connectivity index (χ3v) is 4.87. The van der Waals surface area contributed by atoms with Gasteiger partial charge < -0.3 is 5.11 Å². The summed E-state index contributed by atoms with van der Waals surface area (Å²) >= 11 is 0. The highest BCUT2D eigenvalue weighted by Gasteiger charge is 2.38. The Morgan fingerprint density at radius 2 is 2.00 bits per heavy atom. The zero-order valence-electron chi connectivity index (χ0n) is 13.2. The number of hydrogen-bond donors (Lipinski definition) is 1. The van der Waals surface area contributed by atoms with E-state index < -0.39 is 11.4 Å². The number of carbonyl (C=O) groups is 1. The fraction of sp³-hybridized carbons (Fsp3) is 0.611. The molecule has 21 heavy (non-hydrogen) atoms. The van der Waals surface area contributed by atoms with E-state index in [9.17, 15) is 9.90 Å². The summed E-state index contributed by atoms with van der Waals surface area (Å²) in [5, 5.41) is 9.82. The number of carboxylic acids is 1. The van der Waals surface area contributed by atoms with E-state index in [1.165, 1.54) is 25.7 Å². The molecule has 0 radical (unpaired) electrons. The van der Waals surface area contributed by atoms with Gasteiger partial charge in [0.15, 0.2) is 0 Å². The maximum absolute atomic E-state index is 11.9. The Bertz CT molecular complexity index is 460. The minimum absolute atomic E-state index is 0.523. The summed E-state index contributed by atoms with van der Waals surface area (Å²) in [4.78, 5) is 14.4. The molecule has 0 aliphatic carbocycles. The second kappa shape index (κ2) is 7.08. The molecule has 1 N–H and O–H groups in total. The lowest BCUT2D eigenvalue weighted by Gasteiger charge is -2.36. The van der Waals surface area contributed by atoms with Crippen molar-refractivity contribution in [1.29, 1.82) is 0 Å². The zero-order chi connectivity index (χ0) is 15.3. The molecule has 3 heteroatoms. The van der Waals surface area contributed by atoms with Gasteiger partial charge in [0.2, 0.25) is 0 Å². The maximum Gasteiger partial charge on any atom is 0.315 e. The van der Waals surface area contributed by atoms with Crippen LogP contribution in [-0.4, -0.2) is 35.1 Å². The Labute approximate surface area is 128 Å². The lowest BCUT2D eigenvalue weighted by molar-refractivity contribution is -0.144. The molecule has 0 amide bonds. The van der Waals surface area contributed by atoms with Crippen LogP contribution in [0.15, 0.2) is 30.3 Å². The Balaban J connectivity index is 2.24. The fourth-order valence-electron chi connectivity index (χ4n) is 3.40. The molecule has 0 spiro atoms. The highest BCUT2D eigenvalue weighted by Crippen LogP contribution is 2.29. The molecule has 1 fully saturated rings. The monoisotopic (exact) mass is 289 g/mol. The van der Waals surface area contributed by atoms with E-state index in [4.69, 9.17) is 0 Å². The van der Waals surface area contributed by atoms with E-state index in [1.807, 2.05) is 37.3 Å². The molecule has 2 unspecified atom stereocenters. The van der Waals surface area contributed by atoms with Crippen molar-refractivity contribution in [3.05, 3.63) is 35.9 Å². The fourth-order valence-corrected chi connectivity index (χ4v) is 3.40. The third kappa shape index (κ3) is 3.65. The van der Waals surface area contributed by atoms with E-state index >= 15 is 0 Å². The normalized spacial score (nSPS) is 23.2. The first-order valence-electron chi connectivity index (χ1n) is 8.11. The molecule has 2 atom stereocenters. The topological polar surface area (TPSA) is 40.5 Å². The molecule has 1 aliphatic rings. The van der Waals surface area contributed by atoms with Crippen LogP contribution in [0.5, 0.6) is 0 Å². The lowest BCUT2D eigenvalue weighted by atomic mass is 9.81. The highest BCUT2D eigenvalue weighted by atomic mass is 16.4. The second-order valence-electron chi connectivity index (χ2n) is 6.39.